The molecular formula is C11H14FNO3. The van der Waals surface area contributed by atoms with Gasteiger partial charge < -0.3 is 15.5 Å². The van der Waals surface area contributed by atoms with Crippen LogP contribution in [0.5, 0.6) is 0 Å². The van der Waals surface area contributed by atoms with Crippen LogP contribution in [-0.2, 0) is 0 Å². The third-order valence-electron chi connectivity index (χ3n) is 2.14. The lowest BCUT2D eigenvalue weighted by atomic mass is 10.1. The smallest absolute Gasteiger partial charge is 0.251 e. The molecule has 4 nitrogen and oxygen atoms in total. The van der Waals surface area contributed by atoms with E-state index in [1.165, 1.54) is 18.2 Å². The van der Waals surface area contributed by atoms with Gasteiger partial charge >= 0.3 is 0 Å². The average Bonchev–Trinajstić information content (AvgIpc) is 2.25. The second kappa shape index (κ2) is 5.58. The molecule has 1 amide bonds. The number of aliphatic hydroxyl groups is 2. The standard InChI is InChI=1S/C11H14FNO3/c1-7-4-8(12)2-3-10(7)11(16)13-5-9(15)6-14/h2-4,9,14-15H,5-6H2,1H3,(H,13,16). The summed E-state index contributed by atoms with van der Waals surface area (Å²) in [4.78, 5) is 11.6. The van der Waals surface area contributed by atoms with Crippen LogP contribution in [0.1, 0.15) is 15.9 Å². The minimum Gasteiger partial charge on any atom is -0.394 e. The topological polar surface area (TPSA) is 69.6 Å². The summed E-state index contributed by atoms with van der Waals surface area (Å²) in [6.07, 6.45) is -0.982. The van der Waals surface area contributed by atoms with Crippen LogP contribution in [0.25, 0.3) is 0 Å². The maximum Gasteiger partial charge on any atom is 0.251 e. The highest BCUT2D eigenvalue weighted by Gasteiger charge is 2.10. The molecule has 3 N–H and O–H groups in total. The summed E-state index contributed by atoms with van der Waals surface area (Å²) in [7, 11) is 0. The Kier molecular flexibility index (Phi) is 4.39. The van der Waals surface area contributed by atoms with E-state index < -0.39 is 24.4 Å². The highest BCUT2D eigenvalue weighted by molar-refractivity contribution is 5.95. The number of halogens is 1. The van der Waals surface area contributed by atoms with Gasteiger partial charge in [-0.05, 0) is 30.7 Å². The van der Waals surface area contributed by atoms with Crippen LogP contribution in [-0.4, -0.2) is 35.4 Å². The van der Waals surface area contributed by atoms with E-state index in [4.69, 9.17) is 10.2 Å². The van der Waals surface area contributed by atoms with Gasteiger partial charge in [-0.15, -0.1) is 0 Å². The molecule has 1 aromatic rings. The van der Waals surface area contributed by atoms with E-state index in [-0.39, 0.29) is 6.54 Å². The molecule has 0 saturated heterocycles. The van der Waals surface area contributed by atoms with Gasteiger partial charge in [-0.25, -0.2) is 4.39 Å². The summed E-state index contributed by atoms with van der Waals surface area (Å²) in [5.41, 5.74) is 0.877. The van der Waals surface area contributed by atoms with Crippen molar-refractivity contribution in [2.24, 2.45) is 0 Å². The lowest BCUT2D eigenvalue weighted by molar-refractivity contribution is 0.0801. The molecule has 0 aliphatic rings. The zero-order valence-electron chi connectivity index (χ0n) is 8.90. The van der Waals surface area contributed by atoms with Gasteiger partial charge in [-0.1, -0.05) is 0 Å². The monoisotopic (exact) mass is 227 g/mol. The van der Waals surface area contributed by atoms with E-state index >= 15 is 0 Å². The molecule has 1 atom stereocenters. The number of benzene rings is 1. The highest BCUT2D eigenvalue weighted by Crippen LogP contribution is 2.09. The summed E-state index contributed by atoms with van der Waals surface area (Å²) < 4.78 is 12.8. The molecule has 88 valence electrons. The van der Waals surface area contributed by atoms with Gasteiger partial charge in [-0.3, -0.25) is 4.79 Å². The number of carbonyl (C=O) groups excluding carboxylic acids is 1. The third-order valence-corrected chi connectivity index (χ3v) is 2.14. The molecule has 5 heteroatoms. The summed E-state index contributed by atoms with van der Waals surface area (Å²) in [5, 5.41) is 20.0. The number of amides is 1. The lowest BCUT2D eigenvalue weighted by Crippen LogP contribution is -2.34. The second-order valence-electron chi connectivity index (χ2n) is 3.51. The van der Waals surface area contributed by atoms with Crippen LogP contribution in [0, 0.1) is 12.7 Å². The Morgan fingerprint density at radius 3 is 2.81 bits per heavy atom. The maximum absolute atomic E-state index is 12.8. The fraction of sp³-hybridized carbons (Fsp3) is 0.364. The van der Waals surface area contributed by atoms with E-state index in [2.05, 4.69) is 5.32 Å². The Labute approximate surface area is 92.7 Å². The van der Waals surface area contributed by atoms with Crippen molar-refractivity contribution in [1.29, 1.82) is 0 Å². The third kappa shape index (κ3) is 3.29. The number of nitrogens with one attached hydrogen (secondary N) is 1. The van der Waals surface area contributed by atoms with Gasteiger partial charge in [0.2, 0.25) is 0 Å². The van der Waals surface area contributed by atoms with Gasteiger partial charge in [0.1, 0.15) is 5.82 Å². The lowest BCUT2D eigenvalue weighted by Gasteiger charge is -2.10. The first-order valence-electron chi connectivity index (χ1n) is 4.88. The molecule has 0 bridgehead atoms. The van der Waals surface area contributed by atoms with Crippen molar-refractivity contribution >= 4 is 5.91 Å². The SMILES string of the molecule is Cc1cc(F)ccc1C(=O)NCC(O)CO. The minimum absolute atomic E-state index is 0.0356. The van der Waals surface area contributed by atoms with Gasteiger partial charge in [0, 0.05) is 12.1 Å². The first kappa shape index (κ1) is 12.6. The Morgan fingerprint density at radius 2 is 2.25 bits per heavy atom. The molecular weight excluding hydrogens is 213 g/mol. The largest absolute Gasteiger partial charge is 0.394 e. The van der Waals surface area contributed by atoms with Crippen molar-refractivity contribution in [1.82, 2.24) is 5.32 Å². The number of rotatable bonds is 4. The Morgan fingerprint density at radius 1 is 1.56 bits per heavy atom. The molecule has 0 aliphatic heterocycles. The number of aliphatic hydroxyl groups excluding tert-OH is 2. The minimum atomic E-state index is -0.982. The van der Waals surface area contributed by atoms with Gasteiger partial charge in [0.25, 0.3) is 5.91 Å². The van der Waals surface area contributed by atoms with Crippen molar-refractivity contribution in [2.45, 2.75) is 13.0 Å². The van der Waals surface area contributed by atoms with Gasteiger partial charge in [0.05, 0.1) is 12.7 Å². The molecule has 16 heavy (non-hydrogen) atoms. The van der Waals surface area contributed by atoms with Crippen LogP contribution in [0.3, 0.4) is 0 Å². The molecule has 1 aromatic carbocycles. The Balaban J connectivity index is 2.66. The van der Waals surface area contributed by atoms with Crippen LogP contribution in [0.2, 0.25) is 0 Å². The van der Waals surface area contributed by atoms with Gasteiger partial charge in [-0.2, -0.15) is 0 Å². The molecule has 0 aromatic heterocycles. The van der Waals surface area contributed by atoms with Crippen molar-refractivity contribution in [3.8, 4) is 0 Å². The zero-order chi connectivity index (χ0) is 12.1. The van der Waals surface area contributed by atoms with Crippen molar-refractivity contribution in [2.75, 3.05) is 13.2 Å². The summed E-state index contributed by atoms with van der Waals surface area (Å²) in [5.74, 6) is -0.797. The van der Waals surface area contributed by atoms with Crippen LogP contribution >= 0.6 is 0 Å². The second-order valence-corrected chi connectivity index (χ2v) is 3.51. The predicted octanol–water partition coefficient (Wildman–Crippen LogP) is 0.217. The van der Waals surface area contributed by atoms with E-state index in [9.17, 15) is 9.18 Å². The zero-order valence-corrected chi connectivity index (χ0v) is 8.90. The summed E-state index contributed by atoms with van der Waals surface area (Å²) >= 11 is 0. The van der Waals surface area contributed by atoms with E-state index in [0.29, 0.717) is 11.1 Å². The van der Waals surface area contributed by atoms with Crippen molar-refractivity contribution in [3.63, 3.8) is 0 Å². The molecule has 0 aliphatic carbocycles. The fourth-order valence-corrected chi connectivity index (χ4v) is 1.25. The molecule has 0 fully saturated rings. The van der Waals surface area contributed by atoms with E-state index in [1.54, 1.807) is 6.92 Å². The molecule has 0 radical (unpaired) electrons. The molecule has 1 rings (SSSR count). The Bertz CT molecular complexity index is 381. The first-order chi connectivity index (χ1) is 7.54. The van der Waals surface area contributed by atoms with Crippen LogP contribution in [0.15, 0.2) is 18.2 Å². The molecule has 1 unspecified atom stereocenters. The van der Waals surface area contributed by atoms with Crippen LogP contribution in [0.4, 0.5) is 4.39 Å². The van der Waals surface area contributed by atoms with E-state index in [1.807, 2.05) is 0 Å². The van der Waals surface area contributed by atoms with Gasteiger partial charge in [0.15, 0.2) is 0 Å². The normalized spacial score (nSPS) is 12.2. The number of hydrogen-bond donors (Lipinski definition) is 3. The molecule has 0 saturated carbocycles. The highest BCUT2D eigenvalue weighted by atomic mass is 19.1. The van der Waals surface area contributed by atoms with Crippen LogP contribution < -0.4 is 5.32 Å². The number of aryl methyl sites for hydroxylation is 1. The number of carbonyl (C=O) groups is 1. The quantitative estimate of drug-likeness (QED) is 0.689. The molecule has 0 heterocycles. The van der Waals surface area contributed by atoms with Crippen molar-refractivity contribution < 1.29 is 19.4 Å². The fourth-order valence-electron chi connectivity index (χ4n) is 1.25. The van der Waals surface area contributed by atoms with E-state index in [0.717, 1.165) is 0 Å². The average molecular weight is 227 g/mol. The predicted molar refractivity (Wildman–Crippen MR) is 56.6 cm³/mol. The van der Waals surface area contributed by atoms with Crippen molar-refractivity contribution in [3.05, 3.63) is 35.1 Å². The maximum atomic E-state index is 12.8. The summed E-state index contributed by atoms with van der Waals surface area (Å²) in [6, 6.07) is 3.84. The Hall–Kier alpha value is -1.46. The first-order valence-corrected chi connectivity index (χ1v) is 4.88. The number of hydrogen-bond acceptors (Lipinski definition) is 3. The summed E-state index contributed by atoms with van der Waals surface area (Å²) in [6.45, 7) is 1.18. The molecule has 0 spiro atoms.